The maximum atomic E-state index is 11.4. The molecule has 116 valence electrons. The Morgan fingerprint density at radius 2 is 1.77 bits per heavy atom. The number of Topliss-reactive ketones (excluding diaryl/α,β-unsaturated/α-hetero) is 1. The van der Waals surface area contributed by atoms with Gasteiger partial charge in [0.2, 0.25) is 0 Å². The van der Waals surface area contributed by atoms with E-state index in [1.54, 1.807) is 32.4 Å². The number of benzene rings is 2. The lowest BCUT2D eigenvalue weighted by atomic mass is 10.1. The maximum absolute atomic E-state index is 11.4. The van der Waals surface area contributed by atoms with Crippen LogP contribution in [-0.2, 0) is 6.61 Å². The van der Waals surface area contributed by atoms with E-state index in [0.29, 0.717) is 29.4 Å². The Hall–Kier alpha value is -2.01. The van der Waals surface area contributed by atoms with E-state index in [1.807, 2.05) is 18.2 Å². The quantitative estimate of drug-likeness (QED) is 0.718. The summed E-state index contributed by atoms with van der Waals surface area (Å²) in [4.78, 5) is 11.4. The van der Waals surface area contributed by atoms with Crippen molar-refractivity contribution in [1.82, 2.24) is 0 Å². The highest BCUT2D eigenvalue weighted by molar-refractivity contribution is 9.10. The highest BCUT2D eigenvalue weighted by Gasteiger charge is 2.10. The van der Waals surface area contributed by atoms with E-state index in [0.717, 1.165) is 10.0 Å². The first-order valence-electron chi connectivity index (χ1n) is 6.69. The highest BCUT2D eigenvalue weighted by Crippen LogP contribution is 2.33. The largest absolute Gasteiger partial charge is 0.493 e. The molecule has 0 heterocycles. The average Bonchev–Trinajstić information content (AvgIpc) is 2.53. The van der Waals surface area contributed by atoms with Crippen LogP contribution in [0.4, 0.5) is 0 Å². The van der Waals surface area contributed by atoms with E-state index < -0.39 is 0 Å². The van der Waals surface area contributed by atoms with Crippen LogP contribution in [0.5, 0.6) is 17.2 Å². The molecule has 0 spiro atoms. The van der Waals surface area contributed by atoms with Crippen molar-refractivity contribution in [1.29, 1.82) is 0 Å². The number of halogens is 1. The maximum Gasteiger partial charge on any atom is 0.161 e. The van der Waals surface area contributed by atoms with Crippen molar-refractivity contribution in [2.45, 2.75) is 13.5 Å². The van der Waals surface area contributed by atoms with Crippen molar-refractivity contribution in [3.63, 3.8) is 0 Å². The molecule has 2 aromatic rings. The van der Waals surface area contributed by atoms with Crippen LogP contribution in [0.2, 0.25) is 0 Å². The smallest absolute Gasteiger partial charge is 0.161 e. The second-order valence-corrected chi connectivity index (χ2v) is 5.53. The third-order valence-corrected chi connectivity index (χ3v) is 3.93. The molecule has 2 rings (SSSR count). The van der Waals surface area contributed by atoms with Crippen molar-refractivity contribution in [2.24, 2.45) is 0 Å². The molecule has 0 N–H and O–H groups in total. The van der Waals surface area contributed by atoms with Crippen molar-refractivity contribution in [3.8, 4) is 17.2 Å². The van der Waals surface area contributed by atoms with Crippen LogP contribution < -0.4 is 14.2 Å². The van der Waals surface area contributed by atoms with Gasteiger partial charge in [-0.15, -0.1) is 0 Å². The van der Waals surface area contributed by atoms with Gasteiger partial charge in [-0.05, 0) is 31.2 Å². The average molecular weight is 365 g/mol. The molecular formula is C17H17BrO4. The zero-order valence-corrected chi connectivity index (χ0v) is 14.3. The van der Waals surface area contributed by atoms with E-state index in [1.165, 1.54) is 6.92 Å². The van der Waals surface area contributed by atoms with E-state index in [9.17, 15) is 4.79 Å². The summed E-state index contributed by atoms with van der Waals surface area (Å²) in [5.74, 6) is 1.95. The lowest BCUT2D eigenvalue weighted by molar-refractivity contribution is 0.101. The first-order valence-corrected chi connectivity index (χ1v) is 7.48. The van der Waals surface area contributed by atoms with Gasteiger partial charge in [-0.1, -0.05) is 28.1 Å². The van der Waals surface area contributed by atoms with Crippen LogP contribution in [0.15, 0.2) is 40.9 Å². The van der Waals surface area contributed by atoms with Gasteiger partial charge in [0.05, 0.1) is 14.2 Å². The van der Waals surface area contributed by atoms with Gasteiger partial charge in [0.25, 0.3) is 0 Å². The Labute approximate surface area is 138 Å². The highest BCUT2D eigenvalue weighted by atomic mass is 79.9. The number of ketones is 1. The third kappa shape index (κ3) is 3.80. The molecule has 0 radical (unpaired) electrons. The summed E-state index contributed by atoms with van der Waals surface area (Å²) in [7, 11) is 3.18. The molecule has 0 aliphatic heterocycles. The standard InChI is InChI=1S/C17H17BrO4/c1-11(19)12-5-4-6-14(7-12)22-10-13-8-16(20-2)17(21-3)9-15(13)18/h4-9H,10H2,1-3H3. The molecule has 0 unspecified atom stereocenters. The van der Waals surface area contributed by atoms with Gasteiger partial charge >= 0.3 is 0 Å². The van der Waals surface area contributed by atoms with Crippen molar-refractivity contribution >= 4 is 21.7 Å². The summed E-state index contributed by atoms with van der Waals surface area (Å²) in [6.07, 6.45) is 0. The van der Waals surface area contributed by atoms with Gasteiger partial charge in [-0.25, -0.2) is 0 Å². The van der Waals surface area contributed by atoms with E-state index >= 15 is 0 Å². The monoisotopic (exact) mass is 364 g/mol. The van der Waals surface area contributed by atoms with Gasteiger partial charge in [0, 0.05) is 15.6 Å². The fraction of sp³-hybridized carbons (Fsp3) is 0.235. The van der Waals surface area contributed by atoms with Crippen molar-refractivity contribution in [3.05, 3.63) is 52.0 Å². The minimum Gasteiger partial charge on any atom is -0.493 e. The van der Waals surface area contributed by atoms with Gasteiger partial charge < -0.3 is 14.2 Å². The van der Waals surface area contributed by atoms with E-state index in [4.69, 9.17) is 14.2 Å². The molecule has 22 heavy (non-hydrogen) atoms. The van der Waals surface area contributed by atoms with Crippen LogP contribution in [0, 0.1) is 0 Å². The molecular weight excluding hydrogens is 348 g/mol. The molecule has 2 aromatic carbocycles. The minimum atomic E-state index is 0.0118. The summed E-state index contributed by atoms with van der Waals surface area (Å²) >= 11 is 3.49. The number of carbonyl (C=O) groups excluding carboxylic acids is 1. The number of carbonyl (C=O) groups is 1. The van der Waals surface area contributed by atoms with Gasteiger partial charge in [0.1, 0.15) is 12.4 Å². The third-order valence-electron chi connectivity index (χ3n) is 3.19. The Balaban J connectivity index is 2.18. The molecule has 0 atom stereocenters. The number of hydrogen-bond donors (Lipinski definition) is 0. The molecule has 4 nitrogen and oxygen atoms in total. The summed E-state index contributed by atoms with van der Waals surface area (Å²) in [5, 5.41) is 0. The molecule has 5 heteroatoms. The lowest BCUT2D eigenvalue weighted by Crippen LogP contribution is -2.00. The zero-order valence-electron chi connectivity index (χ0n) is 12.7. The molecule has 0 aliphatic rings. The Bertz CT molecular complexity index is 682. The SMILES string of the molecule is COc1cc(Br)c(COc2cccc(C(C)=O)c2)cc1OC. The second kappa shape index (κ2) is 7.31. The van der Waals surface area contributed by atoms with Gasteiger partial charge in [0.15, 0.2) is 17.3 Å². The van der Waals surface area contributed by atoms with E-state index in [2.05, 4.69) is 15.9 Å². The topological polar surface area (TPSA) is 44.8 Å². The summed E-state index contributed by atoms with van der Waals surface area (Å²) in [6, 6.07) is 10.8. The number of ether oxygens (including phenoxy) is 3. The lowest BCUT2D eigenvalue weighted by Gasteiger charge is -2.13. The Kier molecular flexibility index (Phi) is 5.44. The number of hydrogen-bond acceptors (Lipinski definition) is 4. The predicted octanol–water partition coefficient (Wildman–Crippen LogP) is 4.25. The summed E-state index contributed by atoms with van der Waals surface area (Å²) in [5.41, 5.74) is 1.55. The Morgan fingerprint density at radius 3 is 2.41 bits per heavy atom. The molecule has 0 saturated carbocycles. The normalized spacial score (nSPS) is 10.2. The second-order valence-electron chi connectivity index (χ2n) is 4.67. The molecule has 0 aromatic heterocycles. The fourth-order valence-corrected chi connectivity index (χ4v) is 2.41. The number of methoxy groups -OCH3 is 2. The van der Waals surface area contributed by atoms with Crippen LogP contribution in [0.25, 0.3) is 0 Å². The summed E-state index contributed by atoms with van der Waals surface area (Å²) in [6.45, 7) is 1.88. The van der Waals surface area contributed by atoms with E-state index in [-0.39, 0.29) is 5.78 Å². The minimum absolute atomic E-state index is 0.0118. The van der Waals surface area contributed by atoms with Crippen LogP contribution in [-0.4, -0.2) is 20.0 Å². The van der Waals surface area contributed by atoms with Gasteiger partial charge in [-0.2, -0.15) is 0 Å². The molecule has 0 fully saturated rings. The number of rotatable bonds is 6. The Morgan fingerprint density at radius 1 is 1.09 bits per heavy atom. The van der Waals surface area contributed by atoms with Crippen LogP contribution >= 0.6 is 15.9 Å². The molecule has 0 amide bonds. The molecule has 0 bridgehead atoms. The zero-order chi connectivity index (χ0) is 16.1. The molecule has 0 saturated heterocycles. The van der Waals surface area contributed by atoms with Crippen molar-refractivity contribution < 1.29 is 19.0 Å². The first-order chi connectivity index (χ1) is 10.5. The van der Waals surface area contributed by atoms with Crippen molar-refractivity contribution in [2.75, 3.05) is 14.2 Å². The first kappa shape index (κ1) is 16.4. The van der Waals surface area contributed by atoms with Crippen LogP contribution in [0.1, 0.15) is 22.8 Å². The predicted molar refractivity (Wildman–Crippen MR) is 88.0 cm³/mol. The molecule has 0 aliphatic carbocycles. The summed E-state index contributed by atoms with van der Waals surface area (Å²) < 4.78 is 17.2. The van der Waals surface area contributed by atoms with Crippen LogP contribution in [0.3, 0.4) is 0 Å². The fourth-order valence-electron chi connectivity index (χ4n) is 1.97. The van der Waals surface area contributed by atoms with Gasteiger partial charge in [-0.3, -0.25) is 4.79 Å².